The standard InChI is InChI=1S/C99H147N3O18/c1-19-75(87(105)52-78(47-72-29-23-21-24-30-72)88(106)53-85(96(101)110)71(17)116-18)50-90(108)84(48-73-31-25-22-26-32-73)70(16)68(14)79(57-103)43-63(9)83(46-66(12)98(113)114)69(15)67(13)61(7)42-62(8)76(45-65(11)97(111)112)51-91(109)94(118-40-39-100)54-89(107)77(49-80-58-119-92-34-28-27-33-82(80)92)44-64(10)93(41-59(3)4)120-99(115)95(117-20-2)86(60(5)6)56-102-55-74-35-37-81(104)38-36-74/h21-38,59-61,65-66,68-71,75-80,83-85,94,96-98,102-104,110-114H,8-9,13,19-20,39-58,100-101H2,1-7,10-12,14-18H3/b93-64-,95-86+/t61?,65?,66?,68?,69?,70?,71-,75?,76-,77+,78-,79?,80?,83+,84?,85+,94?,96?/m1/s1. The maximum absolute atomic E-state index is 15.5. The third kappa shape index (κ3) is 32.6. The number of rotatable bonds is 60. The molecule has 5 rings (SSSR count). The van der Waals surface area contributed by atoms with E-state index >= 15 is 14.4 Å². The zero-order valence-electron chi connectivity index (χ0n) is 74.5. The number of carbonyl (C=O) groups is 6. The number of nitrogens with one attached hydrogen (secondary N) is 1. The number of aliphatic hydroxyl groups excluding tert-OH is 4. The number of esters is 1. The van der Waals surface area contributed by atoms with E-state index in [-0.39, 0.29) is 160 Å². The lowest BCUT2D eigenvalue weighted by molar-refractivity contribution is -0.139. The van der Waals surface area contributed by atoms with Gasteiger partial charge in [0.05, 0.1) is 25.9 Å². The van der Waals surface area contributed by atoms with Gasteiger partial charge in [-0.05, 0) is 178 Å². The van der Waals surface area contributed by atoms with Gasteiger partial charge in [0, 0.05) is 125 Å². The van der Waals surface area contributed by atoms with Crippen molar-refractivity contribution in [3.63, 3.8) is 0 Å². The number of carbonyl (C=O) groups excluding carboxylic acids is 6. The second-order valence-electron chi connectivity index (χ2n) is 35.2. The lowest BCUT2D eigenvalue weighted by atomic mass is 9.68. The van der Waals surface area contributed by atoms with Gasteiger partial charge in [0.2, 0.25) is 5.76 Å². The molecule has 0 radical (unpaired) electrons. The highest BCUT2D eigenvalue weighted by Crippen LogP contribution is 2.44. The van der Waals surface area contributed by atoms with Crippen LogP contribution in [0.15, 0.2) is 168 Å². The van der Waals surface area contributed by atoms with E-state index in [1.54, 1.807) is 39.8 Å². The first-order valence-corrected chi connectivity index (χ1v) is 43.7. The summed E-state index contributed by atoms with van der Waals surface area (Å²) >= 11 is 0. The van der Waals surface area contributed by atoms with Crippen LogP contribution >= 0.6 is 0 Å². The molecule has 1 aliphatic rings. The molecule has 666 valence electrons. The Morgan fingerprint density at radius 1 is 0.608 bits per heavy atom. The minimum absolute atomic E-state index is 0.0233. The minimum Gasteiger partial charge on any atom is -0.508 e. The van der Waals surface area contributed by atoms with E-state index in [4.69, 9.17) is 35.2 Å². The molecule has 0 saturated carbocycles. The van der Waals surface area contributed by atoms with Crippen molar-refractivity contribution in [1.29, 1.82) is 0 Å². The van der Waals surface area contributed by atoms with Crippen molar-refractivity contribution in [2.24, 2.45) is 106 Å². The van der Waals surface area contributed by atoms with Crippen LogP contribution in [0.25, 0.3) is 0 Å². The highest BCUT2D eigenvalue weighted by atomic mass is 16.6. The van der Waals surface area contributed by atoms with Gasteiger partial charge in [-0.3, -0.25) is 24.0 Å². The van der Waals surface area contributed by atoms with Crippen LogP contribution in [0.1, 0.15) is 209 Å². The van der Waals surface area contributed by atoms with Gasteiger partial charge in [-0.15, -0.1) is 0 Å². The lowest BCUT2D eigenvalue weighted by Gasteiger charge is -2.37. The number of benzene rings is 4. The van der Waals surface area contributed by atoms with Gasteiger partial charge in [0.15, 0.2) is 18.4 Å². The molecule has 0 bridgehead atoms. The molecule has 4 aromatic rings. The third-order valence-electron chi connectivity index (χ3n) is 25.3. The smallest absolute Gasteiger partial charge is 0.378 e. The summed E-state index contributed by atoms with van der Waals surface area (Å²) in [6.45, 7) is 41.7. The Balaban J connectivity index is 1.41. The monoisotopic (exact) mass is 1670 g/mol. The zero-order valence-corrected chi connectivity index (χ0v) is 74.5. The highest BCUT2D eigenvalue weighted by molar-refractivity contribution is 5.93. The number of ether oxygens (including phenoxy) is 5. The van der Waals surface area contributed by atoms with Crippen LogP contribution in [0.2, 0.25) is 0 Å². The number of aliphatic hydroxyl groups is 6. The Morgan fingerprint density at radius 2 is 1.18 bits per heavy atom. The highest BCUT2D eigenvalue weighted by Gasteiger charge is 2.41. The van der Waals surface area contributed by atoms with Gasteiger partial charge < -0.3 is 76.2 Å². The van der Waals surface area contributed by atoms with E-state index in [2.05, 4.69) is 25.1 Å². The summed E-state index contributed by atoms with van der Waals surface area (Å²) in [6.07, 6.45) is -4.47. The average Bonchev–Trinajstić information content (AvgIpc) is 1.61. The summed E-state index contributed by atoms with van der Waals surface area (Å²) in [6, 6.07) is 33.7. The van der Waals surface area contributed by atoms with Crippen molar-refractivity contribution >= 4 is 34.9 Å². The molecule has 12 unspecified atom stereocenters. The molecule has 0 amide bonds. The van der Waals surface area contributed by atoms with E-state index in [1.807, 2.05) is 166 Å². The van der Waals surface area contributed by atoms with Crippen molar-refractivity contribution in [1.82, 2.24) is 5.32 Å². The topological polar surface area (TPSA) is 354 Å². The predicted octanol–water partition coefficient (Wildman–Crippen LogP) is 15.2. The molecule has 1 aliphatic heterocycles. The van der Waals surface area contributed by atoms with Crippen LogP contribution in [-0.4, -0.2) is 148 Å². The molecule has 18 atom stereocenters. The summed E-state index contributed by atoms with van der Waals surface area (Å²) in [5.74, 6) is -8.43. The number of para-hydroxylation sites is 1. The maximum Gasteiger partial charge on any atom is 0.378 e. The number of Topliss-reactive ketones (excluding diaryl/α,β-unsaturated/α-hetero) is 5. The molecule has 0 fully saturated rings. The second-order valence-corrected chi connectivity index (χ2v) is 35.2. The molecule has 120 heavy (non-hydrogen) atoms. The summed E-state index contributed by atoms with van der Waals surface area (Å²) in [5.41, 5.74) is 19.2. The summed E-state index contributed by atoms with van der Waals surface area (Å²) in [5, 5.41) is 77.9. The van der Waals surface area contributed by atoms with E-state index in [1.165, 1.54) is 7.11 Å². The second kappa shape index (κ2) is 52.1. The molecule has 4 aromatic carbocycles. The van der Waals surface area contributed by atoms with Crippen LogP contribution in [0.3, 0.4) is 0 Å². The fourth-order valence-electron chi connectivity index (χ4n) is 16.9. The third-order valence-corrected chi connectivity index (χ3v) is 25.3. The first-order chi connectivity index (χ1) is 56.9. The molecule has 0 spiro atoms. The minimum atomic E-state index is -1.74. The van der Waals surface area contributed by atoms with Gasteiger partial charge in [0.25, 0.3) is 0 Å². The van der Waals surface area contributed by atoms with Gasteiger partial charge in [-0.25, -0.2) is 4.79 Å². The number of ketones is 5. The van der Waals surface area contributed by atoms with Crippen molar-refractivity contribution in [2.75, 3.05) is 46.6 Å². The van der Waals surface area contributed by atoms with Crippen molar-refractivity contribution in [3.05, 3.63) is 191 Å². The summed E-state index contributed by atoms with van der Waals surface area (Å²) < 4.78 is 30.5. The molecule has 21 heteroatoms. The Bertz CT molecular complexity index is 3930. The van der Waals surface area contributed by atoms with Gasteiger partial charge in [-0.2, -0.15) is 0 Å². The van der Waals surface area contributed by atoms with Gasteiger partial charge in [-0.1, -0.05) is 204 Å². The van der Waals surface area contributed by atoms with E-state index in [9.17, 15) is 50.1 Å². The van der Waals surface area contributed by atoms with Gasteiger partial charge >= 0.3 is 5.97 Å². The van der Waals surface area contributed by atoms with Crippen LogP contribution in [0.4, 0.5) is 0 Å². The number of hydrogen-bond donors (Lipinski definition) is 10. The van der Waals surface area contributed by atoms with Crippen LogP contribution in [0.5, 0.6) is 11.5 Å². The van der Waals surface area contributed by atoms with Crippen molar-refractivity contribution in [2.45, 2.75) is 237 Å². The number of nitrogens with two attached hydrogens (primary N) is 2. The molecule has 0 aromatic heterocycles. The number of phenols is 1. The molecular formula is C99H147N3O18. The molecule has 0 saturated heterocycles. The molecule has 0 aliphatic carbocycles. The number of aromatic hydroxyl groups is 1. The predicted molar refractivity (Wildman–Crippen MR) is 472 cm³/mol. The molecule has 1 heterocycles. The van der Waals surface area contributed by atoms with E-state index < -0.39 is 102 Å². The quantitative estimate of drug-likeness (QED) is 0.00645. The van der Waals surface area contributed by atoms with Gasteiger partial charge in [0.1, 0.15) is 52.7 Å². The Hall–Kier alpha value is -7.64. The first-order valence-electron chi connectivity index (χ1n) is 43.7. The number of methoxy groups -OCH3 is 1. The Labute approximate surface area is 716 Å². The number of phenolic OH excluding ortho intramolecular Hbond substituents is 1. The van der Waals surface area contributed by atoms with E-state index in [0.717, 1.165) is 39.1 Å². The number of allylic oxidation sites excluding steroid dienone is 5. The fraction of sp³-hybridized carbons (Fsp3) is 0.596. The van der Waals surface area contributed by atoms with Crippen LogP contribution in [-0.2, 0) is 67.1 Å². The number of hydrogen-bond acceptors (Lipinski definition) is 21. The maximum atomic E-state index is 15.5. The Kier molecular flexibility index (Phi) is 44.7. The molecule has 21 nitrogen and oxygen atoms in total. The Morgan fingerprint density at radius 3 is 1.75 bits per heavy atom. The largest absolute Gasteiger partial charge is 0.508 e. The average molecular weight is 1670 g/mol. The van der Waals surface area contributed by atoms with Crippen molar-refractivity contribution < 1.29 is 88.2 Å². The fourth-order valence-corrected chi connectivity index (χ4v) is 16.9. The number of fused-ring (bicyclic) bond motifs is 1. The molecular weight excluding hydrogens is 1520 g/mol. The molecule has 12 N–H and O–H groups in total. The van der Waals surface area contributed by atoms with Crippen molar-refractivity contribution in [3.8, 4) is 11.5 Å². The summed E-state index contributed by atoms with van der Waals surface area (Å²) in [7, 11) is 1.48. The normalized spacial score (nSPS) is 17.7. The lowest BCUT2D eigenvalue weighted by Crippen LogP contribution is -2.40. The van der Waals surface area contributed by atoms with Crippen LogP contribution in [0, 0.1) is 94.7 Å². The van der Waals surface area contributed by atoms with E-state index in [0.29, 0.717) is 80.7 Å². The SMILES string of the molecule is C=C(C(C)CC(=C)[C@@H](CC(=O)C(CC(=O)[C@@H](C/C(C)=C(/CC(C)C)OC(=O)/C(OCC)=C(/CNCc1ccc(O)cc1)C(C)C)CC1COc2ccccc21)OCCN)CC(C)C(O)O)C(C)[C@@H](CC(C)C(O)O)C(=C)CC(CO)C(C)C(C)C(Cc1ccccc1)C(=O)CC(CC)C(=O)C[C@@H](Cc1ccccc1)C(=O)C[C@H](C(N)O)[C@@H](C)OC. The first kappa shape index (κ1) is 103. The summed E-state index contributed by atoms with van der Waals surface area (Å²) in [4.78, 5) is 89.4. The van der Waals surface area contributed by atoms with Crippen LogP contribution < -0.4 is 21.5 Å². The zero-order chi connectivity index (χ0) is 89.2.